The molecule has 1 amide bonds. The number of carbonyl (C=O) groups excluding carboxylic acids is 1. The number of nitrogens with zero attached hydrogens (tertiary/aromatic N) is 2. The van der Waals surface area contributed by atoms with Crippen LogP contribution in [-0.2, 0) is 9.59 Å². The number of rotatable bonds is 4. The number of likely N-dealkylation sites (N-methyl/N-ethyl adjacent to an activating group) is 2. The van der Waals surface area contributed by atoms with Gasteiger partial charge in [0, 0.05) is 32.2 Å². The number of aliphatic carboxylic acids is 1. The normalized spacial score (nSPS) is 32.2. The Labute approximate surface area is 120 Å². The smallest absolute Gasteiger partial charge is 0.307 e. The highest BCUT2D eigenvalue weighted by molar-refractivity contribution is 5.85. The van der Waals surface area contributed by atoms with Gasteiger partial charge in [-0.15, -0.1) is 0 Å². The molecular weight excluding hydrogens is 258 g/mol. The average molecular weight is 283 g/mol. The molecule has 1 aliphatic heterocycles. The Kier molecular flexibility index (Phi) is 4.99. The average Bonchev–Trinajstić information content (AvgIpc) is 2.89. The summed E-state index contributed by atoms with van der Waals surface area (Å²) in [6.07, 6.45) is 2.16. The molecule has 3 atom stereocenters. The Bertz CT molecular complexity index is 375. The molecule has 2 aliphatic rings. The summed E-state index contributed by atoms with van der Waals surface area (Å²) >= 11 is 0. The van der Waals surface area contributed by atoms with Crippen molar-refractivity contribution in [3.63, 3.8) is 0 Å². The van der Waals surface area contributed by atoms with Crippen LogP contribution in [0.1, 0.15) is 19.3 Å². The van der Waals surface area contributed by atoms with Gasteiger partial charge in [-0.25, -0.2) is 0 Å². The molecular formula is C14H25N3O3. The molecule has 2 fully saturated rings. The van der Waals surface area contributed by atoms with Crippen LogP contribution in [0.4, 0.5) is 0 Å². The molecule has 2 rings (SSSR count). The third kappa shape index (κ3) is 3.49. The minimum absolute atomic E-state index is 0.0865. The summed E-state index contributed by atoms with van der Waals surface area (Å²) < 4.78 is 0. The van der Waals surface area contributed by atoms with Crippen LogP contribution in [0.25, 0.3) is 0 Å². The third-order valence-corrected chi connectivity index (χ3v) is 4.66. The van der Waals surface area contributed by atoms with Gasteiger partial charge in [-0.3, -0.25) is 14.5 Å². The summed E-state index contributed by atoms with van der Waals surface area (Å²) in [6, 6.07) is 0.308. The molecule has 6 heteroatoms. The zero-order valence-corrected chi connectivity index (χ0v) is 12.3. The molecule has 1 saturated heterocycles. The van der Waals surface area contributed by atoms with Crippen LogP contribution in [0.15, 0.2) is 0 Å². The first kappa shape index (κ1) is 15.3. The minimum atomic E-state index is -0.836. The van der Waals surface area contributed by atoms with E-state index in [1.54, 1.807) is 0 Å². The molecule has 20 heavy (non-hydrogen) atoms. The zero-order chi connectivity index (χ0) is 14.7. The third-order valence-electron chi connectivity index (χ3n) is 4.66. The van der Waals surface area contributed by atoms with Gasteiger partial charge in [0.15, 0.2) is 0 Å². The van der Waals surface area contributed by atoms with E-state index in [0.29, 0.717) is 25.4 Å². The Morgan fingerprint density at radius 2 is 1.90 bits per heavy atom. The monoisotopic (exact) mass is 283 g/mol. The first-order valence-corrected chi connectivity index (χ1v) is 7.38. The number of carboxylic acid groups (broad SMARTS) is 1. The molecule has 0 aromatic rings. The van der Waals surface area contributed by atoms with Crippen molar-refractivity contribution in [3.8, 4) is 0 Å². The lowest BCUT2D eigenvalue weighted by Crippen LogP contribution is -2.55. The van der Waals surface area contributed by atoms with Gasteiger partial charge < -0.3 is 15.3 Å². The van der Waals surface area contributed by atoms with Crippen molar-refractivity contribution in [3.05, 3.63) is 0 Å². The van der Waals surface area contributed by atoms with Gasteiger partial charge in [0.2, 0.25) is 5.91 Å². The largest absolute Gasteiger partial charge is 0.481 e. The highest BCUT2D eigenvalue weighted by Gasteiger charge is 2.37. The molecule has 0 radical (unpaired) electrons. The molecule has 1 heterocycles. The summed E-state index contributed by atoms with van der Waals surface area (Å²) in [5, 5.41) is 12.1. The van der Waals surface area contributed by atoms with Crippen molar-refractivity contribution >= 4 is 11.9 Å². The maximum Gasteiger partial charge on any atom is 0.307 e. The Morgan fingerprint density at radius 1 is 1.20 bits per heavy atom. The van der Waals surface area contributed by atoms with Crippen molar-refractivity contribution in [1.29, 1.82) is 0 Å². The van der Waals surface area contributed by atoms with Crippen LogP contribution >= 0.6 is 0 Å². The summed E-state index contributed by atoms with van der Waals surface area (Å²) in [5.74, 6) is -1.77. The zero-order valence-electron chi connectivity index (χ0n) is 12.3. The van der Waals surface area contributed by atoms with E-state index in [1.165, 1.54) is 0 Å². The van der Waals surface area contributed by atoms with Gasteiger partial charge in [0.1, 0.15) is 0 Å². The Morgan fingerprint density at radius 3 is 2.60 bits per heavy atom. The molecule has 1 aliphatic carbocycles. The lowest BCUT2D eigenvalue weighted by molar-refractivity contribution is -0.146. The number of carbonyl (C=O) groups is 2. The van der Waals surface area contributed by atoms with Crippen LogP contribution < -0.4 is 5.32 Å². The van der Waals surface area contributed by atoms with Gasteiger partial charge >= 0.3 is 5.97 Å². The number of carboxylic acids is 1. The number of nitrogens with one attached hydrogen (secondary N) is 1. The molecule has 0 bridgehead atoms. The second kappa shape index (κ2) is 6.54. The van der Waals surface area contributed by atoms with Gasteiger partial charge in [0.25, 0.3) is 0 Å². The van der Waals surface area contributed by atoms with Crippen molar-refractivity contribution in [2.75, 3.05) is 40.3 Å². The molecule has 6 nitrogen and oxygen atoms in total. The highest BCUT2D eigenvalue weighted by Crippen LogP contribution is 2.32. The minimum Gasteiger partial charge on any atom is -0.481 e. The summed E-state index contributed by atoms with van der Waals surface area (Å²) in [5.41, 5.74) is 0. The van der Waals surface area contributed by atoms with E-state index in [4.69, 9.17) is 5.11 Å². The fourth-order valence-electron chi connectivity index (χ4n) is 3.24. The SMILES string of the molecule is CN1CCN(C)C(CNC(=O)C2CCCC2C(=O)O)C1. The van der Waals surface area contributed by atoms with E-state index in [2.05, 4.69) is 29.2 Å². The van der Waals surface area contributed by atoms with Crippen LogP contribution in [0.5, 0.6) is 0 Å². The second-order valence-electron chi connectivity index (χ2n) is 6.12. The predicted molar refractivity (Wildman–Crippen MR) is 75.4 cm³/mol. The number of hydrogen-bond donors (Lipinski definition) is 2. The van der Waals surface area contributed by atoms with Gasteiger partial charge in [-0.2, -0.15) is 0 Å². The molecule has 1 saturated carbocycles. The predicted octanol–water partition coefficient (Wildman–Crippen LogP) is -0.151. The van der Waals surface area contributed by atoms with Crippen LogP contribution in [-0.4, -0.2) is 73.1 Å². The molecule has 114 valence electrons. The standard InChI is InChI=1S/C14H25N3O3/c1-16-6-7-17(2)10(9-16)8-15-13(18)11-4-3-5-12(11)14(19)20/h10-12H,3-9H2,1-2H3,(H,15,18)(H,19,20). The number of piperazine rings is 1. The number of hydrogen-bond acceptors (Lipinski definition) is 4. The van der Waals surface area contributed by atoms with Crippen LogP contribution in [0, 0.1) is 11.8 Å². The second-order valence-corrected chi connectivity index (χ2v) is 6.12. The molecule has 0 aromatic heterocycles. The quantitative estimate of drug-likeness (QED) is 0.751. The first-order valence-electron chi connectivity index (χ1n) is 7.38. The van der Waals surface area contributed by atoms with Gasteiger partial charge in [0.05, 0.1) is 11.8 Å². The van der Waals surface area contributed by atoms with Crippen LogP contribution in [0.2, 0.25) is 0 Å². The van der Waals surface area contributed by atoms with E-state index in [9.17, 15) is 9.59 Å². The molecule has 3 unspecified atom stereocenters. The first-order chi connectivity index (χ1) is 9.49. The topological polar surface area (TPSA) is 72.9 Å². The van der Waals surface area contributed by atoms with E-state index in [0.717, 1.165) is 26.1 Å². The molecule has 2 N–H and O–H groups in total. The van der Waals surface area contributed by atoms with Gasteiger partial charge in [-0.1, -0.05) is 6.42 Å². The Hall–Kier alpha value is -1.14. The van der Waals surface area contributed by atoms with Gasteiger partial charge in [-0.05, 0) is 26.9 Å². The summed E-state index contributed by atoms with van der Waals surface area (Å²) in [6.45, 7) is 3.58. The summed E-state index contributed by atoms with van der Waals surface area (Å²) in [7, 11) is 4.15. The number of amides is 1. The molecule has 0 aromatic carbocycles. The molecule has 0 spiro atoms. The fraction of sp³-hybridized carbons (Fsp3) is 0.857. The van der Waals surface area contributed by atoms with E-state index in [-0.39, 0.29) is 11.8 Å². The van der Waals surface area contributed by atoms with E-state index < -0.39 is 11.9 Å². The highest BCUT2D eigenvalue weighted by atomic mass is 16.4. The maximum absolute atomic E-state index is 12.2. The maximum atomic E-state index is 12.2. The van der Waals surface area contributed by atoms with Crippen molar-refractivity contribution in [2.45, 2.75) is 25.3 Å². The van der Waals surface area contributed by atoms with Crippen molar-refractivity contribution < 1.29 is 14.7 Å². The van der Waals surface area contributed by atoms with Crippen molar-refractivity contribution in [2.24, 2.45) is 11.8 Å². The lowest BCUT2D eigenvalue weighted by atomic mass is 9.95. The van der Waals surface area contributed by atoms with Crippen molar-refractivity contribution in [1.82, 2.24) is 15.1 Å². The van der Waals surface area contributed by atoms with E-state index in [1.807, 2.05) is 0 Å². The van der Waals surface area contributed by atoms with Crippen LogP contribution in [0.3, 0.4) is 0 Å². The fourth-order valence-corrected chi connectivity index (χ4v) is 3.24. The lowest BCUT2D eigenvalue weighted by Gasteiger charge is -2.37. The Balaban J connectivity index is 1.84. The summed E-state index contributed by atoms with van der Waals surface area (Å²) in [4.78, 5) is 27.8. The van der Waals surface area contributed by atoms with E-state index >= 15 is 0 Å².